The lowest BCUT2D eigenvalue weighted by Crippen LogP contribution is -2.57. The van der Waals surface area contributed by atoms with Crippen molar-refractivity contribution in [2.45, 2.75) is 100 Å². The first-order chi connectivity index (χ1) is 62.1. The molecule has 3 atom stereocenters. The van der Waals surface area contributed by atoms with Crippen molar-refractivity contribution in [3.05, 3.63) is 285 Å². The van der Waals surface area contributed by atoms with Crippen LogP contribution in [0.4, 0.5) is 71.0 Å². The van der Waals surface area contributed by atoms with Crippen LogP contribution in [-0.4, -0.2) is 218 Å². The number of benzodiazepines with no additional fused rings is 3. The van der Waals surface area contributed by atoms with Crippen molar-refractivity contribution in [3.63, 3.8) is 0 Å². The third kappa shape index (κ3) is 21.1. The Kier molecular flexibility index (Phi) is 26.8. The summed E-state index contributed by atoms with van der Waals surface area (Å²) >= 11 is 0. The van der Waals surface area contributed by atoms with E-state index in [-0.39, 0.29) is 77.4 Å². The molecule has 7 aliphatic heterocycles. The largest absolute Gasteiger partial charge is 0.406 e. The molecule has 666 valence electrons. The van der Waals surface area contributed by atoms with Gasteiger partial charge < -0.3 is 40.5 Å². The molecule has 10 aromatic rings. The Morgan fingerprint density at radius 3 is 1.24 bits per heavy atom. The molecule has 0 bridgehead atoms. The molecule has 8 aromatic carbocycles. The second-order valence-electron chi connectivity index (χ2n) is 31.2. The lowest BCUT2D eigenvalue weighted by molar-refractivity contribution is -0.133. The van der Waals surface area contributed by atoms with Crippen LogP contribution in [0.15, 0.2) is 260 Å². The topological polar surface area (TPSA) is 335 Å². The number of rotatable bonds is 14. The van der Waals surface area contributed by atoms with Gasteiger partial charge in [-0.15, -0.1) is 5.10 Å². The van der Waals surface area contributed by atoms with E-state index in [1.165, 1.54) is 32.7 Å². The number of hydrogen-bond donors (Lipinski definition) is 6. The van der Waals surface area contributed by atoms with E-state index in [4.69, 9.17) is 0 Å². The van der Waals surface area contributed by atoms with Crippen LogP contribution in [-0.2, 0) is 14.4 Å². The van der Waals surface area contributed by atoms with Crippen LogP contribution in [0, 0.1) is 11.5 Å². The summed E-state index contributed by atoms with van der Waals surface area (Å²) in [4.78, 5) is 137. The van der Waals surface area contributed by atoms with Crippen LogP contribution < -0.4 is 47.3 Å². The number of anilines is 3. The molecule has 7 aliphatic rings. The molecule has 17 rings (SSSR count). The summed E-state index contributed by atoms with van der Waals surface area (Å²) in [6.45, 7) is -1.42. The molecule has 29 nitrogen and oxygen atoms in total. The van der Waals surface area contributed by atoms with E-state index in [0.29, 0.717) is 149 Å². The fourth-order valence-electron chi connectivity index (χ4n) is 16.6. The number of hydrogen-bond acceptors (Lipinski definition) is 14. The predicted molar refractivity (Wildman–Crippen MR) is 463 cm³/mol. The maximum atomic E-state index is 13.8. The molecular weight excluding hydrogens is 1690 g/mol. The van der Waals surface area contributed by atoms with Gasteiger partial charge in [-0.25, -0.2) is 48.6 Å². The highest BCUT2D eigenvalue weighted by Gasteiger charge is 2.45. The number of aromatic amines is 2. The lowest BCUT2D eigenvalue weighted by atomic mass is 10.0. The fraction of sp³-hybridized carbons (Fsp3) is 0.297. The highest BCUT2D eigenvalue weighted by atomic mass is 19.4. The van der Waals surface area contributed by atoms with Crippen LogP contribution >= 0.6 is 0 Å². The van der Waals surface area contributed by atoms with Crippen molar-refractivity contribution in [2.75, 3.05) is 86.7 Å². The third-order valence-electron chi connectivity index (χ3n) is 22.8. The summed E-state index contributed by atoms with van der Waals surface area (Å²) in [6.07, 6.45) is -11.4. The van der Waals surface area contributed by atoms with Gasteiger partial charge in [-0.3, -0.25) is 44.0 Å². The van der Waals surface area contributed by atoms with E-state index in [2.05, 4.69) is 56.3 Å². The van der Waals surface area contributed by atoms with E-state index >= 15 is 0 Å². The number of H-pyrrole nitrogens is 2. The summed E-state index contributed by atoms with van der Waals surface area (Å²) in [5, 5.41) is 24.5. The number of fused-ring (bicyclic) bond motifs is 3. The number of nitriles is 1. The SMILES string of the molecule is N#CNC(=N[C@@H]1N=C(c2ccccc2)c2ccccc2N(CC(F)(F)F)C1=O)N1CCC(n2cc(-c3ccccc3)[nH]c2=O)CC1.O=C(N[C@@H]1N=C(c2ccccc2)c2ccccc2N(CC(F)(F)F)C1=O)N1CCC(N2CCCNC2=O)CC1.O=C(N[C@@H]1N=C(c2ccccc2)c2ccccc2N(CC(F)(F)F)C1=O)N1CCC(n2nc(-c3ccccc3)[nH]c2=O)CC1. The molecule has 38 heteroatoms. The van der Waals surface area contributed by atoms with Crippen molar-refractivity contribution >= 4 is 76.0 Å². The van der Waals surface area contributed by atoms with E-state index in [0.717, 1.165) is 17.5 Å². The maximum absolute atomic E-state index is 13.8. The zero-order chi connectivity index (χ0) is 90.7. The molecule has 0 unspecified atom stereocenters. The van der Waals surface area contributed by atoms with Gasteiger partial charge in [0.15, 0.2) is 12.0 Å². The molecular formula is C91H86F9N21O8. The van der Waals surface area contributed by atoms with Crippen molar-refractivity contribution in [1.82, 2.24) is 65.2 Å². The summed E-state index contributed by atoms with van der Waals surface area (Å²) in [6, 6.07) is 62.2. The molecule has 9 heterocycles. The smallest absolute Gasteiger partial charge is 0.342 e. The number of piperidine rings is 3. The number of urea groups is 3. The predicted octanol–water partition coefficient (Wildman–Crippen LogP) is 12.4. The molecule has 4 fully saturated rings. The average molecular weight is 1770 g/mol. The molecule has 0 spiro atoms. The summed E-state index contributed by atoms with van der Waals surface area (Å²) in [5.74, 6) is -2.49. The number of likely N-dealkylation sites (tertiary alicyclic amines) is 3. The van der Waals surface area contributed by atoms with E-state index < -0.39 is 86.4 Å². The maximum Gasteiger partial charge on any atom is 0.406 e. The zero-order valence-corrected chi connectivity index (χ0v) is 69.0. The Morgan fingerprint density at radius 2 is 0.814 bits per heavy atom. The van der Waals surface area contributed by atoms with E-state index in [9.17, 15) is 83.1 Å². The van der Waals surface area contributed by atoms with Crippen molar-refractivity contribution in [3.8, 4) is 28.8 Å². The summed E-state index contributed by atoms with van der Waals surface area (Å²) in [7, 11) is 0. The van der Waals surface area contributed by atoms with E-state index in [1.807, 2.05) is 66.9 Å². The summed E-state index contributed by atoms with van der Waals surface area (Å²) in [5.41, 5.74) is 5.68. The number of alkyl halides is 9. The monoisotopic (exact) mass is 1770 g/mol. The number of nitrogens with one attached hydrogen (secondary N) is 6. The number of halogens is 9. The molecule has 2 aromatic heterocycles. The average Bonchev–Trinajstić information content (AvgIpc) is 1.65. The fourth-order valence-corrected chi connectivity index (χ4v) is 16.6. The number of aliphatic imine (C=N–C) groups is 4. The second-order valence-corrected chi connectivity index (χ2v) is 31.2. The number of carbonyl (C=O) groups excluding carboxylic acids is 6. The van der Waals surface area contributed by atoms with Gasteiger partial charge in [-0.05, 0) is 68.7 Å². The minimum atomic E-state index is -4.69. The third-order valence-corrected chi connectivity index (χ3v) is 22.8. The Hall–Kier alpha value is -14.9. The number of nitrogens with zero attached hydrogens (tertiary/aromatic N) is 15. The van der Waals surface area contributed by atoms with Gasteiger partial charge >= 0.3 is 48.0 Å². The quantitative estimate of drug-likeness (QED) is 0.0195. The van der Waals surface area contributed by atoms with Gasteiger partial charge in [0.25, 0.3) is 17.7 Å². The first kappa shape index (κ1) is 88.9. The Bertz CT molecular complexity index is 6020. The number of imidazole rings is 1. The molecule has 6 N–H and O–H groups in total. The Balaban J connectivity index is 0.000000149. The van der Waals surface area contributed by atoms with Gasteiger partial charge in [0.05, 0.1) is 45.9 Å². The van der Waals surface area contributed by atoms with Crippen LogP contribution in [0.1, 0.15) is 90.4 Å². The highest BCUT2D eigenvalue weighted by Crippen LogP contribution is 2.37. The van der Waals surface area contributed by atoms with Crippen LogP contribution in [0.3, 0.4) is 0 Å². The number of carbonyl (C=O) groups is 6. The van der Waals surface area contributed by atoms with Crippen LogP contribution in [0.5, 0.6) is 0 Å². The molecule has 4 saturated heterocycles. The highest BCUT2D eigenvalue weighted by molar-refractivity contribution is 6.22. The standard InChI is InChI=1S/C33H29F3N8O2.C31H28F3N7O3.C27H29F3N6O3/c34-33(35,36)20-44-27-14-8-7-13-25(27)28(23-11-5-2-6-12-23)40-29(30(44)45)41-31(38-21-37)42-17-15-24(16-18-42)43-19-26(39-32(43)46)22-9-3-1-4-10-22;32-31(33,34)19-40-24-14-8-7-13-23(24)25(20-9-3-1-4-10-20)35-27(28(40)42)37-29(43)39-17-15-22(16-18-39)41-30(44)36-26(38-41)21-11-5-2-6-12-21;28-27(29,30)17-36-21-10-5-4-9-20(21)22(18-7-2-1-3-8-18)32-23(24(36)37)33-26(39)34-15-11-19(12-16-34)35-14-6-13-31-25(35)38/h1-14,19,24,29H,15-18,20H2,(H,38,41)(H,39,46);1-14,22,27H,15-19H2,(H,37,43)(H,36,38,44);1-5,7-10,19,23H,6,11-17H2,(H,31,38)(H,33,39)/t29-;27-;23-/m000/s1. The summed E-state index contributed by atoms with van der Waals surface area (Å²) < 4.78 is 126. The first-order valence-corrected chi connectivity index (χ1v) is 41.7. The molecule has 0 saturated carbocycles. The Labute approximate surface area is 732 Å². The van der Waals surface area contributed by atoms with Gasteiger partial charge in [0.2, 0.25) is 24.5 Å². The van der Waals surface area contributed by atoms with Crippen molar-refractivity contribution in [2.24, 2.45) is 20.0 Å². The number of aromatic nitrogens is 5. The van der Waals surface area contributed by atoms with Crippen LogP contribution in [0.25, 0.3) is 22.6 Å². The number of benzene rings is 8. The molecule has 129 heavy (non-hydrogen) atoms. The normalized spacial score (nSPS) is 18.5. The minimum Gasteiger partial charge on any atom is -0.342 e. The van der Waals surface area contributed by atoms with Gasteiger partial charge in [-0.1, -0.05) is 206 Å². The minimum absolute atomic E-state index is 0.00616. The number of guanidine groups is 1. The molecule has 0 radical (unpaired) electrons. The van der Waals surface area contributed by atoms with E-state index in [1.54, 1.807) is 166 Å². The molecule has 0 aliphatic carbocycles. The van der Waals surface area contributed by atoms with Crippen molar-refractivity contribution in [1.29, 1.82) is 5.26 Å². The van der Waals surface area contributed by atoms with Gasteiger partial charge in [-0.2, -0.15) is 44.8 Å². The first-order valence-electron chi connectivity index (χ1n) is 41.7. The number of amides is 9. The Morgan fingerprint density at radius 1 is 0.434 bits per heavy atom. The lowest BCUT2D eigenvalue weighted by Gasteiger charge is -2.40. The van der Waals surface area contributed by atoms with Crippen LogP contribution in [0.2, 0.25) is 0 Å². The molecule has 9 amide bonds. The number of para-hydroxylation sites is 3. The van der Waals surface area contributed by atoms with Gasteiger partial charge in [0, 0.05) is 110 Å². The van der Waals surface area contributed by atoms with Gasteiger partial charge in [0.1, 0.15) is 19.6 Å². The zero-order valence-electron chi connectivity index (χ0n) is 69.0. The van der Waals surface area contributed by atoms with Crippen molar-refractivity contribution < 1.29 is 68.3 Å². The second kappa shape index (κ2) is 38.9.